The van der Waals surface area contributed by atoms with Crippen LogP contribution in [0.25, 0.3) is 5.65 Å². The summed E-state index contributed by atoms with van der Waals surface area (Å²) in [4.78, 5) is 10.6. The van der Waals surface area contributed by atoms with Gasteiger partial charge in [0, 0.05) is 24.6 Å². The van der Waals surface area contributed by atoms with E-state index in [4.69, 9.17) is 5.84 Å². The Labute approximate surface area is 121 Å². The minimum absolute atomic E-state index is 0.293. The van der Waals surface area contributed by atoms with Crippen LogP contribution in [0.3, 0.4) is 0 Å². The van der Waals surface area contributed by atoms with Gasteiger partial charge >= 0.3 is 0 Å². The Kier molecular flexibility index (Phi) is 3.41. The van der Waals surface area contributed by atoms with Crippen molar-refractivity contribution in [3.05, 3.63) is 48.7 Å². The lowest BCUT2D eigenvalue weighted by Gasteiger charge is -2.23. The van der Waals surface area contributed by atoms with Crippen molar-refractivity contribution < 1.29 is 4.39 Å². The molecule has 0 aliphatic heterocycles. The number of aromatic nitrogens is 3. The molecule has 3 aromatic rings. The monoisotopic (exact) mass is 286 g/mol. The van der Waals surface area contributed by atoms with E-state index >= 15 is 0 Å². The zero-order chi connectivity index (χ0) is 14.8. The van der Waals surface area contributed by atoms with Crippen molar-refractivity contribution in [3.63, 3.8) is 0 Å². The maximum Gasteiger partial charge on any atom is 0.180 e. The Morgan fingerprint density at radius 1 is 1.43 bits per heavy atom. The molecule has 0 unspecified atom stereocenters. The Hall–Kier alpha value is -2.67. The van der Waals surface area contributed by atoms with Crippen molar-refractivity contribution in [2.24, 2.45) is 5.84 Å². The standard InChI is InChI=1S/C14H15FN6/c1-2-21(11-5-3-4-10(15)8-11)14-13-17-6-7-20(13)9-12(18-14)19-16/h3-9,19H,2,16H2,1H3. The molecule has 0 radical (unpaired) electrons. The highest BCUT2D eigenvalue weighted by atomic mass is 19.1. The van der Waals surface area contributed by atoms with Crippen LogP contribution in [0.15, 0.2) is 42.9 Å². The normalized spacial score (nSPS) is 10.8. The molecule has 21 heavy (non-hydrogen) atoms. The number of hydrogen-bond donors (Lipinski definition) is 2. The lowest BCUT2D eigenvalue weighted by Crippen LogP contribution is -2.20. The number of fused-ring (bicyclic) bond motifs is 1. The number of nitrogens with zero attached hydrogens (tertiary/aromatic N) is 4. The molecule has 0 aliphatic carbocycles. The molecule has 6 nitrogen and oxygen atoms in total. The molecule has 0 bridgehead atoms. The van der Waals surface area contributed by atoms with E-state index in [0.29, 0.717) is 29.5 Å². The molecule has 7 heteroatoms. The van der Waals surface area contributed by atoms with Gasteiger partial charge in [-0.15, -0.1) is 0 Å². The second kappa shape index (κ2) is 5.37. The van der Waals surface area contributed by atoms with Gasteiger partial charge in [-0.05, 0) is 25.1 Å². The van der Waals surface area contributed by atoms with Crippen molar-refractivity contribution in [2.45, 2.75) is 6.92 Å². The van der Waals surface area contributed by atoms with E-state index in [2.05, 4.69) is 15.4 Å². The van der Waals surface area contributed by atoms with Crippen LogP contribution in [0, 0.1) is 5.82 Å². The van der Waals surface area contributed by atoms with Crippen LogP contribution in [0.2, 0.25) is 0 Å². The highest BCUT2D eigenvalue weighted by Gasteiger charge is 2.15. The molecule has 1 aromatic carbocycles. The molecule has 0 aliphatic rings. The highest BCUT2D eigenvalue weighted by Crippen LogP contribution is 2.28. The van der Waals surface area contributed by atoms with Gasteiger partial charge in [0.15, 0.2) is 17.3 Å². The third-order valence-corrected chi connectivity index (χ3v) is 3.20. The summed E-state index contributed by atoms with van der Waals surface area (Å²) in [6.45, 7) is 2.58. The number of rotatable bonds is 4. The number of halogens is 1. The molecule has 3 rings (SSSR count). The minimum Gasteiger partial charge on any atom is -0.323 e. The van der Waals surface area contributed by atoms with Crippen LogP contribution < -0.4 is 16.2 Å². The van der Waals surface area contributed by atoms with E-state index in [1.165, 1.54) is 12.1 Å². The summed E-state index contributed by atoms with van der Waals surface area (Å²) in [6.07, 6.45) is 5.23. The SMILES string of the molecule is CCN(c1cccc(F)c1)c1nc(NN)cn2ccnc12. The number of nitrogens with one attached hydrogen (secondary N) is 1. The molecule has 0 fully saturated rings. The third kappa shape index (κ3) is 2.38. The van der Waals surface area contributed by atoms with Crippen LogP contribution in [-0.4, -0.2) is 20.9 Å². The van der Waals surface area contributed by atoms with E-state index < -0.39 is 0 Å². The van der Waals surface area contributed by atoms with Gasteiger partial charge in [-0.1, -0.05) is 6.07 Å². The molecular weight excluding hydrogens is 271 g/mol. The van der Waals surface area contributed by atoms with Crippen LogP contribution in [0.1, 0.15) is 6.92 Å². The zero-order valence-corrected chi connectivity index (χ0v) is 11.5. The quantitative estimate of drug-likeness (QED) is 0.569. The first-order valence-corrected chi connectivity index (χ1v) is 6.56. The Balaban J connectivity index is 2.18. The van der Waals surface area contributed by atoms with Gasteiger partial charge in [-0.25, -0.2) is 20.2 Å². The zero-order valence-electron chi connectivity index (χ0n) is 11.5. The minimum atomic E-state index is -0.293. The number of nitrogen functional groups attached to an aromatic ring is 1. The number of nitrogens with two attached hydrogens (primary N) is 1. The summed E-state index contributed by atoms with van der Waals surface area (Å²) < 4.78 is 15.3. The van der Waals surface area contributed by atoms with Crippen molar-refractivity contribution >= 4 is 23.0 Å². The number of hydrogen-bond acceptors (Lipinski definition) is 5. The van der Waals surface area contributed by atoms with Gasteiger partial charge in [0.05, 0.1) is 6.20 Å². The number of benzene rings is 1. The average Bonchev–Trinajstić information content (AvgIpc) is 2.96. The predicted octanol–water partition coefficient (Wildman–Crippen LogP) is 2.31. The second-order valence-electron chi connectivity index (χ2n) is 4.48. The Morgan fingerprint density at radius 3 is 3.00 bits per heavy atom. The maximum absolute atomic E-state index is 13.5. The summed E-state index contributed by atoms with van der Waals surface area (Å²) in [7, 11) is 0. The maximum atomic E-state index is 13.5. The summed E-state index contributed by atoms with van der Waals surface area (Å²) in [6, 6.07) is 6.37. The average molecular weight is 286 g/mol. The Morgan fingerprint density at radius 2 is 2.29 bits per heavy atom. The van der Waals surface area contributed by atoms with E-state index in [-0.39, 0.29) is 5.82 Å². The number of imidazole rings is 1. The van der Waals surface area contributed by atoms with Crippen LogP contribution >= 0.6 is 0 Å². The van der Waals surface area contributed by atoms with E-state index in [1.54, 1.807) is 24.7 Å². The predicted molar refractivity (Wildman–Crippen MR) is 79.9 cm³/mol. The van der Waals surface area contributed by atoms with Crippen molar-refractivity contribution in [3.8, 4) is 0 Å². The molecule has 108 valence electrons. The van der Waals surface area contributed by atoms with Crippen LogP contribution in [-0.2, 0) is 0 Å². The van der Waals surface area contributed by atoms with Crippen LogP contribution in [0.5, 0.6) is 0 Å². The van der Waals surface area contributed by atoms with Gasteiger partial charge in [0.25, 0.3) is 0 Å². The molecule has 0 atom stereocenters. The molecule has 3 N–H and O–H groups in total. The number of anilines is 3. The Bertz CT molecular complexity index is 769. The van der Waals surface area contributed by atoms with Gasteiger partial charge in [-0.2, -0.15) is 0 Å². The first kappa shape index (κ1) is 13.3. The molecule has 0 saturated heterocycles. The van der Waals surface area contributed by atoms with Gasteiger partial charge in [-0.3, -0.25) is 0 Å². The number of hydrazine groups is 1. The lowest BCUT2D eigenvalue weighted by molar-refractivity contribution is 0.627. The summed E-state index contributed by atoms with van der Waals surface area (Å²) in [5.41, 5.74) is 3.92. The van der Waals surface area contributed by atoms with Crippen molar-refractivity contribution in [2.75, 3.05) is 16.9 Å². The lowest BCUT2D eigenvalue weighted by atomic mass is 10.2. The summed E-state index contributed by atoms with van der Waals surface area (Å²) in [5, 5.41) is 0. The fourth-order valence-corrected chi connectivity index (χ4v) is 2.26. The second-order valence-corrected chi connectivity index (χ2v) is 4.48. The van der Waals surface area contributed by atoms with Gasteiger partial charge in [0.1, 0.15) is 5.82 Å². The molecule has 2 aromatic heterocycles. The van der Waals surface area contributed by atoms with Crippen molar-refractivity contribution in [1.29, 1.82) is 0 Å². The molecule has 0 spiro atoms. The topological polar surface area (TPSA) is 71.5 Å². The smallest absolute Gasteiger partial charge is 0.180 e. The largest absolute Gasteiger partial charge is 0.323 e. The summed E-state index contributed by atoms with van der Waals surface area (Å²) >= 11 is 0. The van der Waals surface area contributed by atoms with Gasteiger partial charge in [0.2, 0.25) is 0 Å². The molecule has 0 amide bonds. The fourth-order valence-electron chi connectivity index (χ4n) is 2.26. The third-order valence-electron chi connectivity index (χ3n) is 3.20. The molecule has 2 heterocycles. The van der Waals surface area contributed by atoms with E-state index in [9.17, 15) is 4.39 Å². The van der Waals surface area contributed by atoms with E-state index in [1.807, 2.05) is 22.3 Å². The highest BCUT2D eigenvalue weighted by molar-refractivity contribution is 5.73. The first-order valence-electron chi connectivity index (χ1n) is 6.56. The van der Waals surface area contributed by atoms with E-state index in [0.717, 1.165) is 0 Å². The van der Waals surface area contributed by atoms with Crippen molar-refractivity contribution in [1.82, 2.24) is 14.4 Å². The summed E-state index contributed by atoms with van der Waals surface area (Å²) in [5.74, 6) is 6.28. The molecule has 0 saturated carbocycles. The first-order chi connectivity index (χ1) is 10.2. The fraction of sp³-hybridized carbons (Fsp3) is 0.143. The van der Waals surface area contributed by atoms with Gasteiger partial charge < -0.3 is 14.7 Å². The molecular formula is C14H15FN6. The van der Waals surface area contributed by atoms with Crippen LogP contribution in [0.4, 0.5) is 21.7 Å².